The molecule has 0 saturated heterocycles. The van der Waals surface area contributed by atoms with Crippen molar-refractivity contribution in [1.82, 2.24) is 9.97 Å². The summed E-state index contributed by atoms with van der Waals surface area (Å²) in [6.45, 7) is 2.02. The average molecular weight is 888 g/mol. The number of aromatic nitrogens is 3. The van der Waals surface area contributed by atoms with Gasteiger partial charge in [-0.3, -0.25) is 9.97 Å². The Hall–Kier alpha value is -0.860. The number of hydrogen-bond acceptors (Lipinski definition) is 2. The van der Waals surface area contributed by atoms with Gasteiger partial charge in [0.1, 0.15) is 7.05 Å². The standard InChI is InChI=1S/C18H31BrN.C17H28BrN.C6H7N.HI/c1-20-16-12-14-18(17-20)13-10-8-6-4-2-3-5-7-9-11-15-19;18-14-10-8-6-4-2-1-3-5-7-9-12-17-13-11-15-19-16-17;1-6-3-2-4-7-5-6;/h12,14,16-17H,2-11,13,15H2,1H3;11,13,15-16H,1-10,12,14H2;2-5H,1H3;1H/q+1;;;/p-1. The molecule has 0 aliphatic rings. The zero-order valence-corrected chi connectivity index (χ0v) is 35.2. The van der Waals surface area contributed by atoms with Crippen molar-refractivity contribution in [1.29, 1.82) is 0 Å². The zero-order chi connectivity index (χ0) is 33.2. The lowest BCUT2D eigenvalue weighted by atomic mass is 10.0. The Morgan fingerprint density at radius 3 is 1.28 bits per heavy atom. The normalized spacial score (nSPS) is 10.3. The number of pyridine rings is 3. The quantitative estimate of drug-likeness (QED) is 0.0389. The molecule has 3 rings (SSSR count). The van der Waals surface area contributed by atoms with Crippen LogP contribution in [0.15, 0.2) is 73.6 Å². The highest BCUT2D eigenvalue weighted by Gasteiger charge is 1.99. The van der Waals surface area contributed by atoms with Gasteiger partial charge >= 0.3 is 0 Å². The number of halogens is 3. The molecular weight excluding hydrogens is 821 g/mol. The van der Waals surface area contributed by atoms with Gasteiger partial charge in [0.2, 0.25) is 0 Å². The Morgan fingerprint density at radius 2 is 0.915 bits per heavy atom. The van der Waals surface area contributed by atoms with Crippen LogP contribution in [0.2, 0.25) is 0 Å². The van der Waals surface area contributed by atoms with E-state index in [1.807, 2.05) is 43.7 Å². The first-order chi connectivity index (χ1) is 22.7. The molecule has 0 fully saturated rings. The number of rotatable bonds is 24. The SMILES string of the molecule is BrCCCCCCCCCCCCc1cccnc1.C[n+]1cccc(CCCCCCCCCCCCBr)c1.Cc1cccnc1.[I-]. The van der Waals surface area contributed by atoms with Crippen LogP contribution >= 0.6 is 31.9 Å². The third-order valence-electron chi connectivity index (χ3n) is 8.23. The molecule has 0 radical (unpaired) electrons. The second-order valence-corrected chi connectivity index (χ2v) is 14.3. The van der Waals surface area contributed by atoms with Crippen LogP contribution in [-0.4, -0.2) is 20.6 Å². The summed E-state index contributed by atoms with van der Waals surface area (Å²) in [5.74, 6) is 0. The Labute approximate surface area is 324 Å². The van der Waals surface area contributed by atoms with E-state index in [4.69, 9.17) is 0 Å². The van der Waals surface area contributed by atoms with Gasteiger partial charge in [-0.25, -0.2) is 4.57 Å². The molecule has 0 N–H and O–H groups in total. The van der Waals surface area contributed by atoms with Gasteiger partial charge in [0.15, 0.2) is 12.4 Å². The highest BCUT2D eigenvalue weighted by Crippen LogP contribution is 2.13. The Balaban J connectivity index is 0.000000733. The molecule has 266 valence electrons. The molecule has 0 spiro atoms. The van der Waals surface area contributed by atoms with Gasteiger partial charge in [0.25, 0.3) is 0 Å². The largest absolute Gasteiger partial charge is 1.00 e. The van der Waals surface area contributed by atoms with Crippen molar-refractivity contribution in [3.05, 3.63) is 90.3 Å². The fourth-order valence-corrected chi connectivity index (χ4v) is 6.26. The molecule has 0 aliphatic heterocycles. The minimum Gasteiger partial charge on any atom is -1.00 e. The van der Waals surface area contributed by atoms with Gasteiger partial charge in [0, 0.05) is 47.1 Å². The van der Waals surface area contributed by atoms with Crippen LogP contribution < -0.4 is 28.5 Å². The predicted octanol–water partition coefficient (Wildman–Crippen LogP) is 9.66. The van der Waals surface area contributed by atoms with Gasteiger partial charge in [-0.05, 0) is 74.8 Å². The highest BCUT2D eigenvalue weighted by molar-refractivity contribution is 9.09. The molecule has 3 heterocycles. The molecule has 0 bridgehead atoms. The lowest BCUT2D eigenvalue weighted by Crippen LogP contribution is -3.00. The van der Waals surface area contributed by atoms with Gasteiger partial charge < -0.3 is 24.0 Å². The minimum absolute atomic E-state index is 0. The molecule has 0 aromatic carbocycles. The van der Waals surface area contributed by atoms with Gasteiger partial charge in [-0.15, -0.1) is 0 Å². The smallest absolute Gasteiger partial charge is 0.171 e. The van der Waals surface area contributed by atoms with Crippen LogP contribution in [0.5, 0.6) is 0 Å². The van der Waals surface area contributed by atoms with Crippen molar-refractivity contribution < 1.29 is 28.5 Å². The van der Waals surface area contributed by atoms with Crippen molar-refractivity contribution in [2.75, 3.05) is 10.7 Å². The molecule has 6 heteroatoms. The first kappa shape index (κ1) is 46.1. The topological polar surface area (TPSA) is 29.7 Å². The number of nitrogens with zero attached hydrogens (tertiary/aromatic N) is 3. The Kier molecular flexibility index (Phi) is 35.8. The monoisotopic (exact) mass is 885 g/mol. The molecule has 0 unspecified atom stereocenters. The summed E-state index contributed by atoms with van der Waals surface area (Å²) in [5, 5.41) is 2.34. The molecule has 47 heavy (non-hydrogen) atoms. The second-order valence-electron chi connectivity index (χ2n) is 12.7. The summed E-state index contributed by atoms with van der Waals surface area (Å²) < 4.78 is 2.14. The molecular formula is C41H66Br2IN3. The lowest BCUT2D eigenvalue weighted by molar-refractivity contribution is -0.671. The van der Waals surface area contributed by atoms with E-state index in [0.29, 0.717) is 0 Å². The van der Waals surface area contributed by atoms with Crippen LogP contribution in [-0.2, 0) is 19.9 Å². The number of alkyl halides is 2. The fourth-order valence-electron chi connectivity index (χ4n) is 5.47. The van der Waals surface area contributed by atoms with Crippen molar-refractivity contribution >= 4 is 31.9 Å². The summed E-state index contributed by atoms with van der Waals surface area (Å²) in [4.78, 5) is 8.04. The fraction of sp³-hybridized carbons (Fsp3) is 0.634. The van der Waals surface area contributed by atoms with E-state index in [1.54, 1.807) is 6.20 Å². The number of hydrogen-bond donors (Lipinski definition) is 0. The summed E-state index contributed by atoms with van der Waals surface area (Å²) in [5.41, 5.74) is 4.07. The van der Waals surface area contributed by atoms with E-state index in [0.717, 1.165) is 0 Å². The number of aryl methyl sites for hydroxylation is 4. The van der Waals surface area contributed by atoms with E-state index in [1.165, 1.54) is 169 Å². The van der Waals surface area contributed by atoms with Crippen molar-refractivity contribution in [3.63, 3.8) is 0 Å². The molecule has 0 saturated carbocycles. The van der Waals surface area contributed by atoms with Crippen LogP contribution in [0.1, 0.15) is 145 Å². The van der Waals surface area contributed by atoms with Gasteiger partial charge in [-0.1, -0.05) is 147 Å². The van der Waals surface area contributed by atoms with Crippen molar-refractivity contribution in [3.8, 4) is 0 Å². The van der Waals surface area contributed by atoms with Gasteiger partial charge in [-0.2, -0.15) is 0 Å². The zero-order valence-electron chi connectivity index (χ0n) is 29.9. The van der Waals surface area contributed by atoms with E-state index in [-0.39, 0.29) is 24.0 Å². The molecule has 3 nitrogen and oxygen atoms in total. The summed E-state index contributed by atoms with van der Waals surface area (Å²) in [6, 6.07) is 12.5. The molecule has 0 aliphatic carbocycles. The maximum Gasteiger partial charge on any atom is 0.171 e. The average Bonchev–Trinajstić information content (AvgIpc) is 3.07. The second kappa shape index (κ2) is 36.4. The predicted molar refractivity (Wildman–Crippen MR) is 208 cm³/mol. The van der Waals surface area contributed by atoms with E-state index in [2.05, 4.69) is 84.0 Å². The molecule has 0 amide bonds. The van der Waals surface area contributed by atoms with E-state index >= 15 is 0 Å². The maximum absolute atomic E-state index is 4.15. The first-order valence-electron chi connectivity index (χ1n) is 18.5. The minimum atomic E-state index is 0. The van der Waals surface area contributed by atoms with Crippen LogP contribution in [0, 0.1) is 6.92 Å². The Bertz CT molecular complexity index is 1020. The third-order valence-corrected chi connectivity index (χ3v) is 9.35. The number of unbranched alkanes of at least 4 members (excludes halogenated alkanes) is 18. The molecule has 3 aromatic heterocycles. The van der Waals surface area contributed by atoms with Gasteiger partial charge in [0.05, 0.1) is 0 Å². The van der Waals surface area contributed by atoms with Crippen molar-refractivity contribution in [2.45, 2.75) is 148 Å². The summed E-state index contributed by atoms with van der Waals surface area (Å²) in [7, 11) is 2.10. The van der Waals surface area contributed by atoms with Crippen LogP contribution in [0.3, 0.4) is 0 Å². The summed E-state index contributed by atoms with van der Waals surface area (Å²) in [6.07, 6.45) is 42.3. The maximum atomic E-state index is 4.15. The van der Waals surface area contributed by atoms with Crippen molar-refractivity contribution in [2.24, 2.45) is 7.05 Å². The first-order valence-corrected chi connectivity index (χ1v) is 20.7. The molecule has 3 aromatic rings. The van der Waals surface area contributed by atoms with Crippen LogP contribution in [0.25, 0.3) is 0 Å². The molecule has 0 atom stereocenters. The van der Waals surface area contributed by atoms with E-state index in [9.17, 15) is 0 Å². The summed E-state index contributed by atoms with van der Waals surface area (Å²) >= 11 is 6.97. The van der Waals surface area contributed by atoms with E-state index < -0.39 is 0 Å². The highest BCUT2D eigenvalue weighted by atomic mass is 127. The lowest BCUT2D eigenvalue weighted by Gasteiger charge is -2.03. The third kappa shape index (κ3) is 32.1. The Morgan fingerprint density at radius 1 is 0.511 bits per heavy atom. The van der Waals surface area contributed by atoms with Crippen LogP contribution in [0.4, 0.5) is 0 Å².